The van der Waals surface area contributed by atoms with Crippen LogP contribution >= 0.6 is 0 Å². The van der Waals surface area contributed by atoms with Gasteiger partial charge in [-0.3, -0.25) is 4.90 Å². The lowest BCUT2D eigenvalue weighted by Gasteiger charge is -2.41. The van der Waals surface area contributed by atoms with Crippen molar-refractivity contribution >= 4 is 11.6 Å². The van der Waals surface area contributed by atoms with Crippen molar-refractivity contribution < 1.29 is 13.5 Å². The summed E-state index contributed by atoms with van der Waals surface area (Å²) in [5, 5.41) is 7.55. The van der Waals surface area contributed by atoms with Crippen molar-refractivity contribution in [2.45, 2.75) is 31.7 Å². The Balaban J connectivity index is 1.29. The van der Waals surface area contributed by atoms with Gasteiger partial charge in [-0.05, 0) is 74.2 Å². The zero-order valence-electron chi connectivity index (χ0n) is 17.4. The van der Waals surface area contributed by atoms with Gasteiger partial charge in [-0.25, -0.2) is 13.5 Å². The standard InChI is InChI=1S/C23H25F2N5O/c1-15-6-17(16-2-4-29(5-3-16)22-12-31-13-22)8-20(7-15)27-23-26-14-30(28-23)21-10-18(24)9-19(25)11-21/h6-11,14,16,22H,2-5,12-13H2,1H3,(H,27,28). The molecule has 0 spiro atoms. The van der Waals surface area contributed by atoms with E-state index in [1.54, 1.807) is 0 Å². The average Bonchev–Trinajstić information content (AvgIpc) is 3.14. The summed E-state index contributed by atoms with van der Waals surface area (Å²) in [6, 6.07) is 10.3. The van der Waals surface area contributed by atoms with Crippen molar-refractivity contribution in [3.8, 4) is 5.69 Å². The second-order valence-electron chi connectivity index (χ2n) is 8.40. The normalized spacial score (nSPS) is 18.2. The Labute approximate surface area is 179 Å². The number of nitrogens with one attached hydrogen (secondary N) is 1. The highest BCUT2D eigenvalue weighted by atomic mass is 19.1. The first-order chi connectivity index (χ1) is 15.0. The number of nitrogens with zero attached hydrogens (tertiary/aromatic N) is 4. The van der Waals surface area contributed by atoms with Crippen LogP contribution in [0.25, 0.3) is 5.69 Å². The largest absolute Gasteiger partial charge is 0.378 e. The summed E-state index contributed by atoms with van der Waals surface area (Å²) >= 11 is 0. The molecule has 8 heteroatoms. The van der Waals surface area contributed by atoms with E-state index in [-0.39, 0.29) is 5.69 Å². The maximum Gasteiger partial charge on any atom is 0.246 e. The predicted molar refractivity (Wildman–Crippen MR) is 114 cm³/mol. The van der Waals surface area contributed by atoms with Gasteiger partial charge in [0.05, 0.1) is 24.9 Å². The summed E-state index contributed by atoms with van der Waals surface area (Å²) in [6.07, 6.45) is 3.71. The lowest BCUT2D eigenvalue weighted by Crippen LogP contribution is -2.51. The molecule has 3 heterocycles. The Morgan fingerprint density at radius 3 is 2.42 bits per heavy atom. The minimum atomic E-state index is -0.654. The van der Waals surface area contributed by atoms with Gasteiger partial charge in [0.15, 0.2) is 0 Å². The first kappa shape index (κ1) is 20.1. The van der Waals surface area contributed by atoms with Crippen LogP contribution in [-0.4, -0.2) is 52.0 Å². The van der Waals surface area contributed by atoms with Gasteiger partial charge in [-0.1, -0.05) is 6.07 Å². The quantitative estimate of drug-likeness (QED) is 0.665. The third-order valence-corrected chi connectivity index (χ3v) is 6.10. The summed E-state index contributed by atoms with van der Waals surface area (Å²) in [7, 11) is 0. The molecular weight excluding hydrogens is 400 g/mol. The van der Waals surface area contributed by atoms with E-state index in [4.69, 9.17) is 4.74 Å². The van der Waals surface area contributed by atoms with Crippen LogP contribution in [0.5, 0.6) is 0 Å². The van der Waals surface area contributed by atoms with Gasteiger partial charge in [0.2, 0.25) is 5.95 Å². The Morgan fingerprint density at radius 2 is 1.74 bits per heavy atom. The van der Waals surface area contributed by atoms with Crippen molar-refractivity contribution in [2.24, 2.45) is 0 Å². The smallest absolute Gasteiger partial charge is 0.246 e. The van der Waals surface area contributed by atoms with E-state index >= 15 is 0 Å². The molecule has 5 rings (SSSR count). The minimum Gasteiger partial charge on any atom is -0.378 e. The Bertz CT molecular complexity index is 1050. The average molecular weight is 425 g/mol. The highest BCUT2D eigenvalue weighted by Gasteiger charge is 2.30. The Hall–Kier alpha value is -2.84. The molecule has 3 aromatic rings. The number of aryl methyl sites for hydroxylation is 1. The maximum absolute atomic E-state index is 13.5. The molecule has 2 aromatic carbocycles. The number of halogens is 2. The number of piperidine rings is 1. The summed E-state index contributed by atoms with van der Waals surface area (Å²) in [6.45, 7) is 6.02. The van der Waals surface area contributed by atoms with E-state index in [9.17, 15) is 8.78 Å². The van der Waals surface area contributed by atoms with Crippen molar-refractivity contribution in [2.75, 3.05) is 31.6 Å². The van der Waals surface area contributed by atoms with E-state index in [1.807, 2.05) is 6.07 Å². The number of hydrogen-bond acceptors (Lipinski definition) is 5. The third kappa shape index (κ3) is 4.45. The van der Waals surface area contributed by atoms with Crippen LogP contribution in [0.4, 0.5) is 20.4 Å². The molecule has 0 unspecified atom stereocenters. The van der Waals surface area contributed by atoms with Gasteiger partial charge in [-0.15, -0.1) is 5.10 Å². The first-order valence-corrected chi connectivity index (χ1v) is 10.6. The molecule has 0 atom stereocenters. The van der Waals surface area contributed by atoms with Gasteiger partial charge < -0.3 is 10.1 Å². The summed E-state index contributed by atoms with van der Waals surface area (Å²) < 4.78 is 33.7. The van der Waals surface area contributed by atoms with Crippen LogP contribution in [0.1, 0.15) is 29.9 Å². The van der Waals surface area contributed by atoms with E-state index in [0.717, 1.165) is 50.9 Å². The van der Waals surface area contributed by atoms with E-state index < -0.39 is 11.6 Å². The lowest BCUT2D eigenvalue weighted by atomic mass is 9.87. The zero-order chi connectivity index (χ0) is 21.4. The fourth-order valence-electron chi connectivity index (χ4n) is 4.40. The Kier molecular flexibility index (Phi) is 5.41. The molecule has 0 bridgehead atoms. The van der Waals surface area contributed by atoms with Crippen LogP contribution in [0.2, 0.25) is 0 Å². The molecule has 2 saturated heterocycles. The second kappa shape index (κ2) is 8.36. The maximum atomic E-state index is 13.5. The summed E-state index contributed by atoms with van der Waals surface area (Å²) in [4.78, 5) is 6.78. The molecule has 0 amide bonds. The van der Waals surface area contributed by atoms with Gasteiger partial charge in [0.25, 0.3) is 0 Å². The number of anilines is 2. The van der Waals surface area contributed by atoms with Crippen LogP contribution in [-0.2, 0) is 4.74 Å². The monoisotopic (exact) mass is 425 g/mol. The van der Waals surface area contributed by atoms with Crippen molar-refractivity contribution in [3.63, 3.8) is 0 Å². The molecule has 2 fully saturated rings. The molecule has 1 aromatic heterocycles. The molecule has 0 aliphatic carbocycles. The number of hydrogen-bond donors (Lipinski definition) is 1. The number of ether oxygens (including phenoxy) is 1. The SMILES string of the molecule is Cc1cc(Nc2ncn(-c3cc(F)cc(F)c3)n2)cc(C2CCN(C3COC3)CC2)c1. The van der Waals surface area contributed by atoms with Gasteiger partial charge in [-0.2, -0.15) is 4.98 Å². The van der Waals surface area contributed by atoms with Crippen LogP contribution in [0, 0.1) is 18.6 Å². The summed E-state index contributed by atoms with van der Waals surface area (Å²) in [5.41, 5.74) is 3.68. The molecule has 6 nitrogen and oxygen atoms in total. The van der Waals surface area contributed by atoms with Gasteiger partial charge >= 0.3 is 0 Å². The van der Waals surface area contributed by atoms with Crippen molar-refractivity contribution in [1.29, 1.82) is 0 Å². The fourth-order valence-corrected chi connectivity index (χ4v) is 4.40. The van der Waals surface area contributed by atoms with Crippen LogP contribution < -0.4 is 5.32 Å². The summed E-state index contributed by atoms with van der Waals surface area (Å²) in [5.74, 6) is -0.405. The number of aromatic nitrogens is 3. The van der Waals surface area contributed by atoms with Crippen LogP contribution in [0.15, 0.2) is 42.7 Å². The number of benzene rings is 2. The van der Waals surface area contributed by atoms with Gasteiger partial charge in [0.1, 0.15) is 18.0 Å². The van der Waals surface area contributed by atoms with E-state index in [2.05, 4.69) is 39.4 Å². The zero-order valence-corrected chi connectivity index (χ0v) is 17.4. The fraction of sp³-hybridized carbons (Fsp3) is 0.391. The molecule has 0 saturated carbocycles. The molecule has 2 aliphatic heterocycles. The molecular formula is C23H25F2N5O. The molecule has 1 N–H and O–H groups in total. The van der Waals surface area contributed by atoms with Crippen molar-refractivity contribution in [3.05, 3.63) is 65.5 Å². The molecule has 162 valence electrons. The minimum absolute atomic E-state index is 0.284. The lowest BCUT2D eigenvalue weighted by molar-refractivity contribution is -0.0712. The van der Waals surface area contributed by atoms with Gasteiger partial charge in [0, 0.05) is 11.8 Å². The molecule has 31 heavy (non-hydrogen) atoms. The first-order valence-electron chi connectivity index (χ1n) is 10.6. The van der Waals surface area contributed by atoms with Crippen LogP contribution in [0.3, 0.4) is 0 Å². The second-order valence-corrected chi connectivity index (χ2v) is 8.40. The Morgan fingerprint density at radius 1 is 1.00 bits per heavy atom. The van der Waals surface area contributed by atoms with E-state index in [0.29, 0.717) is 17.9 Å². The predicted octanol–water partition coefficient (Wildman–Crippen LogP) is 4.18. The molecule has 2 aliphatic rings. The third-order valence-electron chi connectivity index (χ3n) is 6.10. The molecule has 0 radical (unpaired) electrons. The van der Waals surface area contributed by atoms with E-state index in [1.165, 1.54) is 34.3 Å². The number of rotatable bonds is 5. The topological polar surface area (TPSA) is 55.2 Å². The number of likely N-dealkylation sites (tertiary alicyclic amines) is 1. The highest BCUT2D eigenvalue weighted by molar-refractivity contribution is 5.56. The van der Waals surface area contributed by atoms with Crippen molar-refractivity contribution in [1.82, 2.24) is 19.7 Å². The highest BCUT2D eigenvalue weighted by Crippen LogP contribution is 2.32.